The summed E-state index contributed by atoms with van der Waals surface area (Å²) >= 11 is 0. The van der Waals surface area contributed by atoms with E-state index in [0.717, 1.165) is 37.1 Å². The minimum absolute atomic E-state index is 0.201. The zero-order chi connectivity index (χ0) is 14.6. The van der Waals surface area contributed by atoms with Crippen LogP contribution in [-0.2, 0) is 11.3 Å². The van der Waals surface area contributed by atoms with Gasteiger partial charge in [-0.3, -0.25) is 0 Å². The second-order valence-electron chi connectivity index (χ2n) is 4.60. The summed E-state index contributed by atoms with van der Waals surface area (Å²) in [5.41, 5.74) is 7.30. The lowest BCUT2D eigenvalue weighted by atomic mass is 10.2. The molecule has 5 heteroatoms. The van der Waals surface area contributed by atoms with E-state index in [1.54, 1.807) is 0 Å². The molecular weight excluding hydrogens is 254 g/mol. The molecule has 0 heterocycles. The van der Waals surface area contributed by atoms with Gasteiger partial charge in [-0.15, -0.1) is 0 Å². The Hall–Kier alpha value is -1.59. The molecule has 0 unspecified atom stereocenters. The maximum absolute atomic E-state index is 11.7. The summed E-state index contributed by atoms with van der Waals surface area (Å²) in [7, 11) is 0. The van der Waals surface area contributed by atoms with Crippen LogP contribution < -0.4 is 16.4 Å². The topological polar surface area (TPSA) is 76.4 Å². The smallest absolute Gasteiger partial charge is 0.319 e. The fourth-order valence-corrected chi connectivity index (χ4v) is 1.68. The Kier molecular flexibility index (Phi) is 8.42. The van der Waals surface area contributed by atoms with Crippen molar-refractivity contribution in [1.82, 2.24) is 5.32 Å². The van der Waals surface area contributed by atoms with Gasteiger partial charge in [0.1, 0.15) is 0 Å². The number of amides is 2. The van der Waals surface area contributed by atoms with Crippen LogP contribution in [0.1, 0.15) is 31.7 Å². The van der Waals surface area contributed by atoms with Crippen LogP contribution in [0.15, 0.2) is 24.3 Å². The third-order valence-electron chi connectivity index (χ3n) is 2.81. The van der Waals surface area contributed by atoms with Crippen LogP contribution in [0.5, 0.6) is 0 Å². The molecule has 1 rings (SSSR count). The number of nitrogens with one attached hydrogen (secondary N) is 2. The number of carbonyl (C=O) groups is 1. The normalized spacial score (nSPS) is 10.3. The van der Waals surface area contributed by atoms with Crippen LogP contribution in [0.4, 0.5) is 10.5 Å². The Morgan fingerprint density at radius 2 is 2.10 bits per heavy atom. The second kappa shape index (κ2) is 10.2. The van der Waals surface area contributed by atoms with Gasteiger partial charge < -0.3 is 21.1 Å². The number of carbonyl (C=O) groups excluding carboxylic acids is 1. The van der Waals surface area contributed by atoms with E-state index in [0.29, 0.717) is 19.7 Å². The van der Waals surface area contributed by atoms with E-state index in [2.05, 4.69) is 17.6 Å². The number of hydrogen-bond donors (Lipinski definition) is 3. The molecule has 4 N–H and O–H groups in total. The number of hydrogen-bond acceptors (Lipinski definition) is 3. The van der Waals surface area contributed by atoms with E-state index < -0.39 is 0 Å². The van der Waals surface area contributed by atoms with Crippen molar-refractivity contribution in [1.29, 1.82) is 0 Å². The maximum atomic E-state index is 11.7. The lowest BCUT2D eigenvalue weighted by Gasteiger charge is -2.08. The molecule has 0 aliphatic rings. The summed E-state index contributed by atoms with van der Waals surface area (Å²) in [6, 6.07) is 7.31. The van der Waals surface area contributed by atoms with Crippen LogP contribution in [0, 0.1) is 0 Å². The zero-order valence-corrected chi connectivity index (χ0v) is 12.2. The quantitative estimate of drug-likeness (QED) is 0.608. The highest BCUT2D eigenvalue weighted by Gasteiger charge is 2.01. The Labute approximate surface area is 120 Å². The molecule has 1 aromatic carbocycles. The van der Waals surface area contributed by atoms with Gasteiger partial charge >= 0.3 is 6.03 Å². The minimum atomic E-state index is -0.201. The van der Waals surface area contributed by atoms with Crippen LogP contribution in [-0.4, -0.2) is 25.8 Å². The predicted octanol–water partition coefficient (Wildman–Crippen LogP) is 2.47. The first kappa shape index (κ1) is 16.5. The Morgan fingerprint density at radius 3 is 2.85 bits per heavy atom. The average molecular weight is 279 g/mol. The standard InChI is InChI=1S/C15H25N3O2/c1-2-3-9-20-10-5-8-17-15(19)18-14-7-4-6-13(11-14)12-16/h4,6-7,11H,2-3,5,8-10,12,16H2,1H3,(H2,17,18,19). The number of urea groups is 1. The van der Waals surface area contributed by atoms with Crippen LogP contribution >= 0.6 is 0 Å². The molecule has 0 aliphatic heterocycles. The molecule has 5 nitrogen and oxygen atoms in total. The second-order valence-corrected chi connectivity index (χ2v) is 4.60. The van der Waals surface area contributed by atoms with Gasteiger partial charge in [-0.05, 0) is 30.5 Å². The molecule has 0 aliphatic carbocycles. The first-order valence-corrected chi connectivity index (χ1v) is 7.18. The Morgan fingerprint density at radius 1 is 1.30 bits per heavy atom. The van der Waals surface area contributed by atoms with Gasteiger partial charge in [0.15, 0.2) is 0 Å². The summed E-state index contributed by atoms with van der Waals surface area (Å²) in [5, 5.41) is 5.58. The summed E-state index contributed by atoms with van der Waals surface area (Å²) in [5.74, 6) is 0. The highest BCUT2D eigenvalue weighted by Crippen LogP contribution is 2.09. The third kappa shape index (κ3) is 7.11. The summed E-state index contributed by atoms with van der Waals surface area (Å²) in [4.78, 5) is 11.7. The molecule has 0 saturated heterocycles. The van der Waals surface area contributed by atoms with E-state index >= 15 is 0 Å². The van der Waals surface area contributed by atoms with Crippen molar-refractivity contribution in [3.05, 3.63) is 29.8 Å². The maximum Gasteiger partial charge on any atom is 0.319 e. The monoisotopic (exact) mass is 279 g/mol. The molecule has 0 aromatic heterocycles. The van der Waals surface area contributed by atoms with Crippen molar-refractivity contribution in [2.75, 3.05) is 25.1 Å². The molecule has 0 saturated carbocycles. The molecule has 0 atom stereocenters. The van der Waals surface area contributed by atoms with Crippen molar-refractivity contribution in [2.45, 2.75) is 32.7 Å². The highest BCUT2D eigenvalue weighted by atomic mass is 16.5. The Balaban J connectivity index is 2.13. The molecule has 20 heavy (non-hydrogen) atoms. The zero-order valence-electron chi connectivity index (χ0n) is 12.2. The van der Waals surface area contributed by atoms with E-state index in [1.165, 1.54) is 0 Å². The van der Waals surface area contributed by atoms with Crippen molar-refractivity contribution in [3.63, 3.8) is 0 Å². The van der Waals surface area contributed by atoms with Gasteiger partial charge in [-0.2, -0.15) is 0 Å². The number of nitrogens with two attached hydrogens (primary N) is 1. The van der Waals surface area contributed by atoms with Gasteiger partial charge in [-0.25, -0.2) is 4.79 Å². The van der Waals surface area contributed by atoms with Gasteiger partial charge in [0.05, 0.1) is 0 Å². The molecule has 0 spiro atoms. The van der Waals surface area contributed by atoms with E-state index in [-0.39, 0.29) is 6.03 Å². The lowest BCUT2D eigenvalue weighted by molar-refractivity contribution is 0.129. The highest BCUT2D eigenvalue weighted by molar-refractivity contribution is 5.89. The third-order valence-corrected chi connectivity index (χ3v) is 2.81. The molecule has 0 bridgehead atoms. The van der Waals surface area contributed by atoms with Gasteiger partial charge in [0.2, 0.25) is 0 Å². The van der Waals surface area contributed by atoms with Gasteiger partial charge in [0.25, 0.3) is 0 Å². The van der Waals surface area contributed by atoms with Crippen molar-refractivity contribution < 1.29 is 9.53 Å². The van der Waals surface area contributed by atoms with Crippen LogP contribution in [0.25, 0.3) is 0 Å². The Bertz CT molecular complexity index is 396. The van der Waals surface area contributed by atoms with Gasteiger partial charge in [0, 0.05) is 32.0 Å². The van der Waals surface area contributed by atoms with Crippen LogP contribution in [0.3, 0.4) is 0 Å². The summed E-state index contributed by atoms with van der Waals surface area (Å²) in [6.07, 6.45) is 3.05. The molecule has 0 radical (unpaired) electrons. The number of ether oxygens (including phenoxy) is 1. The van der Waals surface area contributed by atoms with E-state index in [4.69, 9.17) is 10.5 Å². The van der Waals surface area contributed by atoms with Crippen LogP contribution in [0.2, 0.25) is 0 Å². The number of benzene rings is 1. The van der Waals surface area contributed by atoms with Crippen molar-refractivity contribution >= 4 is 11.7 Å². The largest absolute Gasteiger partial charge is 0.381 e. The van der Waals surface area contributed by atoms with E-state index in [1.807, 2.05) is 24.3 Å². The molecule has 112 valence electrons. The fraction of sp³-hybridized carbons (Fsp3) is 0.533. The van der Waals surface area contributed by atoms with Crippen molar-refractivity contribution in [3.8, 4) is 0 Å². The summed E-state index contributed by atoms with van der Waals surface area (Å²) < 4.78 is 5.42. The fourth-order valence-electron chi connectivity index (χ4n) is 1.68. The molecule has 1 aromatic rings. The lowest BCUT2D eigenvalue weighted by Crippen LogP contribution is -2.30. The van der Waals surface area contributed by atoms with Gasteiger partial charge in [-0.1, -0.05) is 25.5 Å². The molecule has 2 amide bonds. The number of unbranched alkanes of at least 4 members (excludes halogenated alkanes) is 1. The minimum Gasteiger partial charge on any atom is -0.381 e. The first-order valence-electron chi connectivity index (χ1n) is 7.18. The first-order chi connectivity index (χ1) is 9.76. The predicted molar refractivity (Wildman–Crippen MR) is 81.7 cm³/mol. The summed E-state index contributed by atoms with van der Waals surface area (Å²) in [6.45, 7) is 4.69. The number of rotatable bonds is 9. The van der Waals surface area contributed by atoms with Crippen molar-refractivity contribution in [2.24, 2.45) is 5.73 Å². The van der Waals surface area contributed by atoms with E-state index in [9.17, 15) is 4.79 Å². The SMILES string of the molecule is CCCCOCCCNC(=O)Nc1cccc(CN)c1. The number of anilines is 1. The average Bonchev–Trinajstić information content (AvgIpc) is 2.46. The molecular formula is C15H25N3O2. The molecule has 0 fully saturated rings.